The smallest absolute Gasteiger partial charge is 0.310 e. The van der Waals surface area contributed by atoms with Crippen molar-refractivity contribution < 1.29 is 27.4 Å². The lowest BCUT2D eigenvalue weighted by Crippen LogP contribution is -2.42. The number of aliphatic carboxylic acids is 1. The van der Waals surface area contributed by atoms with E-state index in [9.17, 15) is 17.6 Å². The van der Waals surface area contributed by atoms with Crippen LogP contribution in [0.4, 0.5) is 4.39 Å². The number of hydrogen-bond donors (Lipinski definition) is 2. The van der Waals surface area contributed by atoms with Gasteiger partial charge in [-0.15, -0.1) is 0 Å². The molecule has 1 aliphatic rings. The fraction of sp³-hybridized carbons (Fsp3) is 0.364. The van der Waals surface area contributed by atoms with E-state index in [-0.39, 0.29) is 18.1 Å². The van der Waals surface area contributed by atoms with Crippen molar-refractivity contribution in [3.8, 4) is 0 Å². The van der Waals surface area contributed by atoms with Crippen LogP contribution in [0.2, 0.25) is 0 Å². The molecule has 1 fully saturated rings. The molecule has 104 valence electrons. The Morgan fingerprint density at radius 1 is 1.42 bits per heavy atom. The van der Waals surface area contributed by atoms with E-state index >= 15 is 0 Å². The Kier molecular flexibility index (Phi) is 3.83. The number of benzene rings is 1. The second kappa shape index (κ2) is 5.24. The zero-order valence-electron chi connectivity index (χ0n) is 9.74. The molecule has 19 heavy (non-hydrogen) atoms. The fourth-order valence-electron chi connectivity index (χ4n) is 1.82. The van der Waals surface area contributed by atoms with Crippen LogP contribution in [0.3, 0.4) is 0 Å². The van der Waals surface area contributed by atoms with Crippen molar-refractivity contribution in [3.63, 3.8) is 0 Å². The van der Waals surface area contributed by atoms with E-state index in [1.54, 1.807) is 0 Å². The molecule has 6 nitrogen and oxygen atoms in total. The third kappa shape index (κ3) is 3.09. The normalized spacial score (nSPS) is 23.4. The van der Waals surface area contributed by atoms with Gasteiger partial charge in [0.25, 0.3) is 0 Å². The second-order valence-electron chi connectivity index (χ2n) is 4.17. The minimum absolute atomic E-state index is 0.0223. The van der Waals surface area contributed by atoms with Crippen molar-refractivity contribution in [1.29, 1.82) is 0 Å². The molecule has 2 atom stereocenters. The SMILES string of the molecule is O=C(O)C1COCC1NS(=O)(=O)c1cccc(F)c1. The highest BCUT2D eigenvalue weighted by Gasteiger charge is 2.37. The van der Waals surface area contributed by atoms with Gasteiger partial charge < -0.3 is 9.84 Å². The van der Waals surface area contributed by atoms with Gasteiger partial charge in [0, 0.05) is 0 Å². The summed E-state index contributed by atoms with van der Waals surface area (Å²) in [4.78, 5) is 10.7. The lowest BCUT2D eigenvalue weighted by atomic mass is 10.1. The van der Waals surface area contributed by atoms with Crippen molar-refractivity contribution in [2.24, 2.45) is 5.92 Å². The maximum absolute atomic E-state index is 13.0. The van der Waals surface area contributed by atoms with Gasteiger partial charge in [-0.3, -0.25) is 4.79 Å². The predicted octanol–water partition coefficient (Wildman–Crippen LogP) is 0.204. The Morgan fingerprint density at radius 3 is 2.79 bits per heavy atom. The Morgan fingerprint density at radius 2 is 2.16 bits per heavy atom. The van der Waals surface area contributed by atoms with Crippen molar-refractivity contribution in [1.82, 2.24) is 4.72 Å². The lowest BCUT2D eigenvalue weighted by Gasteiger charge is -2.15. The van der Waals surface area contributed by atoms with Crippen LogP contribution >= 0.6 is 0 Å². The topological polar surface area (TPSA) is 92.7 Å². The van der Waals surface area contributed by atoms with Gasteiger partial charge in [0.15, 0.2) is 0 Å². The molecule has 0 amide bonds. The molecule has 1 saturated heterocycles. The number of carbonyl (C=O) groups is 1. The predicted molar refractivity (Wildman–Crippen MR) is 62.5 cm³/mol. The summed E-state index contributed by atoms with van der Waals surface area (Å²) in [6, 6.07) is 3.64. The number of halogens is 1. The lowest BCUT2D eigenvalue weighted by molar-refractivity contribution is -0.142. The van der Waals surface area contributed by atoms with Gasteiger partial charge >= 0.3 is 5.97 Å². The maximum Gasteiger partial charge on any atom is 0.310 e. The number of carboxylic acid groups (broad SMARTS) is 1. The molecule has 1 aromatic carbocycles. The van der Waals surface area contributed by atoms with Gasteiger partial charge in [-0.2, -0.15) is 0 Å². The third-order valence-electron chi connectivity index (χ3n) is 2.81. The summed E-state index contributed by atoms with van der Waals surface area (Å²) in [7, 11) is -3.97. The van der Waals surface area contributed by atoms with Gasteiger partial charge in [-0.1, -0.05) is 6.07 Å². The molecule has 0 bridgehead atoms. The van der Waals surface area contributed by atoms with Crippen LogP contribution in [0, 0.1) is 11.7 Å². The highest BCUT2D eigenvalue weighted by molar-refractivity contribution is 7.89. The van der Waals surface area contributed by atoms with E-state index in [0.717, 1.165) is 12.1 Å². The van der Waals surface area contributed by atoms with Crippen LogP contribution in [0.25, 0.3) is 0 Å². The summed E-state index contributed by atoms with van der Waals surface area (Å²) in [6.07, 6.45) is 0. The molecule has 0 aliphatic carbocycles. The average molecular weight is 289 g/mol. The first-order chi connectivity index (χ1) is 8.90. The van der Waals surface area contributed by atoms with E-state index in [2.05, 4.69) is 4.72 Å². The van der Waals surface area contributed by atoms with Gasteiger partial charge in [0.2, 0.25) is 10.0 Å². The standard InChI is InChI=1S/C11H12FNO5S/c12-7-2-1-3-8(4-7)19(16,17)13-10-6-18-5-9(10)11(14)15/h1-4,9-10,13H,5-6H2,(H,14,15). The zero-order chi connectivity index (χ0) is 14.0. The molecule has 1 aromatic rings. The van der Waals surface area contributed by atoms with Gasteiger partial charge in [-0.25, -0.2) is 17.5 Å². The van der Waals surface area contributed by atoms with Crippen LogP contribution < -0.4 is 4.72 Å². The molecule has 0 spiro atoms. The fourth-order valence-corrected chi connectivity index (χ4v) is 3.11. The number of hydrogen-bond acceptors (Lipinski definition) is 4. The number of ether oxygens (including phenoxy) is 1. The van der Waals surface area contributed by atoms with Crippen LogP contribution in [-0.2, 0) is 19.6 Å². The molecular weight excluding hydrogens is 277 g/mol. The van der Waals surface area contributed by atoms with Crippen molar-refractivity contribution in [2.45, 2.75) is 10.9 Å². The first-order valence-corrected chi connectivity index (χ1v) is 6.97. The average Bonchev–Trinajstić information content (AvgIpc) is 2.76. The number of rotatable bonds is 4. The van der Waals surface area contributed by atoms with Crippen molar-refractivity contribution in [2.75, 3.05) is 13.2 Å². The Labute approximate surface area is 109 Å². The van der Waals surface area contributed by atoms with Crippen molar-refractivity contribution in [3.05, 3.63) is 30.1 Å². The summed E-state index contributed by atoms with van der Waals surface area (Å²) in [5.41, 5.74) is 0. The molecule has 2 N–H and O–H groups in total. The first-order valence-electron chi connectivity index (χ1n) is 5.48. The summed E-state index contributed by atoms with van der Waals surface area (Å²) < 4.78 is 44.2. The molecule has 1 aliphatic heterocycles. The highest BCUT2D eigenvalue weighted by Crippen LogP contribution is 2.18. The Bertz CT molecular complexity index is 589. The molecule has 0 radical (unpaired) electrons. The third-order valence-corrected chi connectivity index (χ3v) is 4.30. The number of carboxylic acids is 1. The molecular formula is C11H12FNO5S. The molecule has 0 aromatic heterocycles. The molecule has 0 saturated carbocycles. The second-order valence-corrected chi connectivity index (χ2v) is 5.88. The number of sulfonamides is 1. The monoisotopic (exact) mass is 289 g/mol. The maximum atomic E-state index is 13.0. The summed E-state index contributed by atoms with van der Waals surface area (Å²) in [6.45, 7) is -0.0722. The van der Waals surface area contributed by atoms with E-state index in [0.29, 0.717) is 0 Å². The minimum atomic E-state index is -3.97. The largest absolute Gasteiger partial charge is 0.481 e. The van der Waals surface area contributed by atoms with Crippen molar-refractivity contribution >= 4 is 16.0 Å². The van der Waals surface area contributed by atoms with Gasteiger partial charge in [0.1, 0.15) is 5.82 Å². The van der Waals surface area contributed by atoms with Crippen LogP contribution in [0.5, 0.6) is 0 Å². The minimum Gasteiger partial charge on any atom is -0.481 e. The Balaban J connectivity index is 2.20. The molecule has 2 unspecified atom stereocenters. The van der Waals surface area contributed by atoms with Crippen LogP contribution in [0.15, 0.2) is 29.2 Å². The quantitative estimate of drug-likeness (QED) is 0.826. The Hall–Kier alpha value is -1.51. The molecule has 1 heterocycles. The van der Waals surface area contributed by atoms with E-state index in [1.807, 2.05) is 0 Å². The first kappa shape index (κ1) is 13.9. The van der Waals surface area contributed by atoms with E-state index in [1.165, 1.54) is 12.1 Å². The summed E-state index contributed by atoms with van der Waals surface area (Å²) in [5, 5.41) is 8.92. The van der Waals surface area contributed by atoms with Crippen LogP contribution in [-0.4, -0.2) is 38.7 Å². The van der Waals surface area contributed by atoms with E-state index < -0.39 is 33.8 Å². The van der Waals surface area contributed by atoms with Gasteiger partial charge in [0.05, 0.1) is 30.1 Å². The van der Waals surface area contributed by atoms with Crippen LogP contribution in [0.1, 0.15) is 0 Å². The molecule has 8 heteroatoms. The highest BCUT2D eigenvalue weighted by atomic mass is 32.2. The molecule has 2 rings (SSSR count). The zero-order valence-corrected chi connectivity index (χ0v) is 10.6. The number of nitrogens with one attached hydrogen (secondary N) is 1. The van der Waals surface area contributed by atoms with Gasteiger partial charge in [-0.05, 0) is 18.2 Å². The van der Waals surface area contributed by atoms with E-state index in [4.69, 9.17) is 9.84 Å². The summed E-state index contributed by atoms with van der Waals surface area (Å²) in [5.74, 6) is -2.76. The summed E-state index contributed by atoms with van der Waals surface area (Å²) >= 11 is 0.